The van der Waals surface area contributed by atoms with Crippen molar-refractivity contribution < 1.29 is 18.4 Å². The average molecular weight is 319 g/mol. The third kappa shape index (κ3) is 10.4. The predicted octanol–water partition coefficient (Wildman–Crippen LogP) is 3.57. The Labute approximate surface area is 125 Å². The average Bonchev–Trinajstić information content (AvgIpc) is 2.31. The lowest BCUT2D eigenvalue weighted by Gasteiger charge is -2.30. The highest BCUT2D eigenvalue weighted by molar-refractivity contribution is 6.76. The summed E-state index contributed by atoms with van der Waals surface area (Å²) in [5, 5.41) is 0. The van der Waals surface area contributed by atoms with Crippen molar-refractivity contribution in [2.24, 2.45) is 0 Å². The molecule has 0 atom stereocenters. The Balaban J connectivity index is 4.00. The van der Waals surface area contributed by atoms with Crippen LogP contribution in [0, 0.1) is 0 Å². The summed E-state index contributed by atoms with van der Waals surface area (Å²) in [5.74, 6) is -0.396. The van der Waals surface area contributed by atoms with Crippen LogP contribution < -0.4 is 0 Å². The summed E-state index contributed by atoms with van der Waals surface area (Å²) in [5.41, 5.74) is 0. The highest BCUT2D eigenvalue weighted by Crippen LogP contribution is 2.23. The van der Waals surface area contributed by atoms with Crippen molar-refractivity contribution in [3.8, 4) is 0 Å². The van der Waals surface area contributed by atoms with Gasteiger partial charge in [0.15, 0.2) is 16.6 Å². The SMILES string of the molecule is C=CC(=O)OCCO[Si](C)(C)CC[Si](C)(C)OC(C)C. The topological polar surface area (TPSA) is 44.8 Å². The maximum absolute atomic E-state index is 10.9. The predicted molar refractivity (Wildman–Crippen MR) is 87.9 cm³/mol. The molecule has 0 amide bonds. The van der Waals surface area contributed by atoms with Crippen LogP contribution in [0.4, 0.5) is 0 Å². The van der Waals surface area contributed by atoms with E-state index in [1.54, 1.807) is 0 Å². The highest BCUT2D eigenvalue weighted by Gasteiger charge is 2.30. The van der Waals surface area contributed by atoms with Crippen LogP contribution in [-0.4, -0.2) is 41.9 Å². The standard InChI is InChI=1S/C14H30O4Si2/c1-8-14(15)16-9-10-17-19(4,5)11-12-20(6,7)18-13(2)3/h8,13H,1,9-12H2,2-7H3. The molecule has 0 aliphatic heterocycles. The molecule has 6 heteroatoms. The smallest absolute Gasteiger partial charge is 0.330 e. The zero-order valence-corrected chi connectivity index (χ0v) is 15.8. The second-order valence-electron chi connectivity index (χ2n) is 6.41. The molecule has 4 nitrogen and oxygen atoms in total. The van der Waals surface area contributed by atoms with Crippen LogP contribution in [0.5, 0.6) is 0 Å². The van der Waals surface area contributed by atoms with Gasteiger partial charge in [-0.1, -0.05) is 6.58 Å². The van der Waals surface area contributed by atoms with E-state index in [-0.39, 0.29) is 0 Å². The second kappa shape index (κ2) is 8.76. The van der Waals surface area contributed by atoms with Gasteiger partial charge in [0.2, 0.25) is 0 Å². The molecule has 0 rings (SSSR count). The van der Waals surface area contributed by atoms with Crippen molar-refractivity contribution in [2.75, 3.05) is 13.2 Å². The molecule has 0 spiro atoms. The summed E-state index contributed by atoms with van der Waals surface area (Å²) in [4.78, 5) is 10.9. The largest absolute Gasteiger partial charge is 0.460 e. The third-order valence-corrected chi connectivity index (χ3v) is 8.37. The van der Waals surface area contributed by atoms with E-state index in [4.69, 9.17) is 13.6 Å². The van der Waals surface area contributed by atoms with Gasteiger partial charge in [0.25, 0.3) is 0 Å². The van der Waals surface area contributed by atoms with E-state index in [0.29, 0.717) is 19.3 Å². The number of carbonyl (C=O) groups excluding carboxylic acids is 1. The zero-order chi connectivity index (χ0) is 15.8. The maximum atomic E-state index is 10.9. The first-order valence-electron chi connectivity index (χ1n) is 7.19. The highest BCUT2D eigenvalue weighted by atomic mass is 28.4. The Hall–Kier alpha value is -0.436. The van der Waals surface area contributed by atoms with Gasteiger partial charge in [-0.05, 0) is 52.1 Å². The van der Waals surface area contributed by atoms with Crippen molar-refractivity contribution in [3.05, 3.63) is 12.7 Å². The number of carbonyl (C=O) groups is 1. The van der Waals surface area contributed by atoms with Crippen LogP contribution in [0.1, 0.15) is 13.8 Å². The molecule has 0 radical (unpaired) electrons. The molecule has 0 fully saturated rings. The van der Waals surface area contributed by atoms with Crippen LogP contribution >= 0.6 is 0 Å². The summed E-state index contributed by atoms with van der Waals surface area (Å²) in [6, 6.07) is 2.19. The summed E-state index contributed by atoms with van der Waals surface area (Å²) >= 11 is 0. The van der Waals surface area contributed by atoms with Gasteiger partial charge in [-0.3, -0.25) is 0 Å². The first-order valence-corrected chi connectivity index (χ1v) is 13.4. The third-order valence-electron chi connectivity index (χ3n) is 2.87. The summed E-state index contributed by atoms with van der Waals surface area (Å²) in [7, 11) is -3.30. The Kier molecular flexibility index (Phi) is 8.57. The lowest BCUT2D eigenvalue weighted by Crippen LogP contribution is -2.39. The maximum Gasteiger partial charge on any atom is 0.330 e. The van der Waals surface area contributed by atoms with Crippen molar-refractivity contribution in [3.63, 3.8) is 0 Å². The fourth-order valence-electron chi connectivity index (χ4n) is 1.89. The fraction of sp³-hybridized carbons (Fsp3) is 0.786. The van der Waals surface area contributed by atoms with Crippen LogP contribution in [0.3, 0.4) is 0 Å². The van der Waals surface area contributed by atoms with E-state index in [1.165, 1.54) is 6.08 Å². The van der Waals surface area contributed by atoms with Gasteiger partial charge in [0, 0.05) is 12.2 Å². The van der Waals surface area contributed by atoms with E-state index >= 15 is 0 Å². The van der Waals surface area contributed by atoms with Gasteiger partial charge in [-0.25, -0.2) is 4.79 Å². The van der Waals surface area contributed by atoms with E-state index in [0.717, 1.165) is 12.1 Å². The molecule has 0 saturated heterocycles. The second-order valence-corrected chi connectivity index (χ2v) is 15.0. The molecule has 0 saturated carbocycles. The van der Waals surface area contributed by atoms with Gasteiger partial charge < -0.3 is 13.6 Å². The minimum atomic E-state index is -1.71. The monoisotopic (exact) mass is 318 g/mol. The van der Waals surface area contributed by atoms with Crippen molar-refractivity contribution >= 4 is 22.6 Å². The van der Waals surface area contributed by atoms with Gasteiger partial charge >= 0.3 is 5.97 Å². The molecule has 118 valence electrons. The van der Waals surface area contributed by atoms with Gasteiger partial charge in [0.1, 0.15) is 6.61 Å². The van der Waals surface area contributed by atoms with E-state index in [2.05, 4.69) is 46.6 Å². The molecule has 0 bridgehead atoms. The van der Waals surface area contributed by atoms with E-state index in [1.807, 2.05) is 0 Å². The van der Waals surface area contributed by atoms with Gasteiger partial charge in [0.05, 0.1) is 6.61 Å². The molecule has 0 aromatic heterocycles. The Morgan fingerprint density at radius 1 is 1.10 bits per heavy atom. The van der Waals surface area contributed by atoms with Gasteiger partial charge in [-0.15, -0.1) is 0 Å². The summed E-state index contributed by atoms with van der Waals surface area (Å²) in [6.45, 7) is 17.2. The summed E-state index contributed by atoms with van der Waals surface area (Å²) in [6.07, 6.45) is 1.46. The lowest BCUT2D eigenvalue weighted by molar-refractivity contribution is -0.138. The number of esters is 1. The van der Waals surface area contributed by atoms with E-state index in [9.17, 15) is 4.79 Å². The van der Waals surface area contributed by atoms with Crippen molar-refractivity contribution in [1.82, 2.24) is 0 Å². The van der Waals surface area contributed by atoms with Crippen LogP contribution in [0.2, 0.25) is 38.3 Å². The molecule has 0 aromatic rings. The van der Waals surface area contributed by atoms with Crippen LogP contribution in [0.15, 0.2) is 12.7 Å². The minimum absolute atomic E-state index is 0.292. The van der Waals surface area contributed by atoms with Crippen molar-refractivity contribution in [2.45, 2.75) is 58.2 Å². The lowest BCUT2D eigenvalue weighted by atomic mass is 10.5. The Morgan fingerprint density at radius 2 is 1.65 bits per heavy atom. The summed E-state index contributed by atoms with van der Waals surface area (Å²) < 4.78 is 16.9. The molecule has 0 aliphatic carbocycles. The van der Waals surface area contributed by atoms with Gasteiger partial charge in [-0.2, -0.15) is 0 Å². The minimum Gasteiger partial charge on any atom is -0.460 e. The number of hydrogen-bond donors (Lipinski definition) is 0. The van der Waals surface area contributed by atoms with E-state index < -0.39 is 22.6 Å². The molecular formula is C14H30O4Si2. The quantitative estimate of drug-likeness (QED) is 0.267. The number of rotatable bonds is 10. The molecule has 0 aromatic carbocycles. The van der Waals surface area contributed by atoms with Crippen LogP contribution in [0.25, 0.3) is 0 Å². The number of hydrogen-bond acceptors (Lipinski definition) is 4. The molecular weight excluding hydrogens is 288 g/mol. The fourth-order valence-corrected chi connectivity index (χ4v) is 8.88. The first kappa shape index (κ1) is 19.6. The zero-order valence-electron chi connectivity index (χ0n) is 13.8. The molecule has 0 aliphatic rings. The molecule has 0 unspecified atom stereocenters. The molecule has 0 heterocycles. The van der Waals surface area contributed by atoms with Crippen molar-refractivity contribution in [1.29, 1.82) is 0 Å². The van der Waals surface area contributed by atoms with Crippen LogP contribution in [-0.2, 0) is 18.4 Å². The normalized spacial score (nSPS) is 12.6. The molecule has 20 heavy (non-hydrogen) atoms. The first-order chi connectivity index (χ1) is 9.08. The Morgan fingerprint density at radius 3 is 2.15 bits per heavy atom. The Bertz CT molecular complexity index is 314. The number of ether oxygens (including phenoxy) is 1. The molecule has 0 N–H and O–H groups in total.